The van der Waals surface area contributed by atoms with E-state index < -0.39 is 17.7 Å². The normalized spacial score (nSPS) is 11.4. The molecular formula is C21H15F2NO3. The van der Waals surface area contributed by atoms with E-state index in [4.69, 9.17) is 5.11 Å². The van der Waals surface area contributed by atoms with Gasteiger partial charge in [-0.2, -0.15) is 0 Å². The molecule has 0 aliphatic rings. The zero-order chi connectivity index (χ0) is 19.6. The number of nitrogens with one attached hydrogen (secondary N) is 1. The van der Waals surface area contributed by atoms with Crippen molar-refractivity contribution < 1.29 is 23.5 Å². The molecule has 1 amide bonds. The first-order valence-corrected chi connectivity index (χ1v) is 8.05. The SMILES string of the molecule is C/C(=C\c1ccc2cc(F)ccc2c1)C(=O)Nc1ccc(F)cc1C(=O)O. The van der Waals surface area contributed by atoms with Crippen LogP contribution in [0.1, 0.15) is 22.8 Å². The van der Waals surface area contributed by atoms with E-state index >= 15 is 0 Å². The van der Waals surface area contributed by atoms with E-state index in [-0.39, 0.29) is 17.1 Å². The monoisotopic (exact) mass is 367 g/mol. The van der Waals surface area contributed by atoms with Gasteiger partial charge in [0.2, 0.25) is 0 Å². The third kappa shape index (κ3) is 4.17. The number of anilines is 1. The molecule has 136 valence electrons. The summed E-state index contributed by atoms with van der Waals surface area (Å²) in [5.41, 5.74) is 0.746. The Morgan fingerprint density at radius 3 is 2.30 bits per heavy atom. The van der Waals surface area contributed by atoms with Crippen LogP contribution in [0.2, 0.25) is 0 Å². The number of benzene rings is 3. The molecule has 0 heterocycles. The van der Waals surface area contributed by atoms with Gasteiger partial charge in [0.15, 0.2) is 0 Å². The molecule has 3 rings (SSSR count). The van der Waals surface area contributed by atoms with E-state index in [0.717, 1.165) is 28.5 Å². The van der Waals surface area contributed by atoms with Crippen LogP contribution in [0.3, 0.4) is 0 Å². The molecule has 0 aliphatic heterocycles. The number of hydrogen-bond acceptors (Lipinski definition) is 2. The van der Waals surface area contributed by atoms with E-state index in [1.54, 1.807) is 31.2 Å². The minimum Gasteiger partial charge on any atom is -0.478 e. The van der Waals surface area contributed by atoms with Gasteiger partial charge in [-0.25, -0.2) is 13.6 Å². The summed E-state index contributed by atoms with van der Waals surface area (Å²) in [4.78, 5) is 23.6. The Bertz CT molecular complexity index is 1090. The van der Waals surface area contributed by atoms with Gasteiger partial charge in [0, 0.05) is 5.57 Å². The summed E-state index contributed by atoms with van der Waals surface area (Å²) < 4.78 is 26.5. The van der Waals surface area contributed by atoms with Crippen molar-refractivity contribution in [2.45, 2.75) is 6.92 Å². The third-order valence-corrected chi connectivity index (χ3v) is 4.03. The van der Waals surface area contributed by atoms with Gasteiger partial charge in [-0.05, 0) is 65.7 Å². The van der Waals surface area contributed by atoms with E-state index in [9.17, 15) is 18.4 Å². The van der Waals surface area contributed by atoms with Gasteiger partial charge in [-0.3, -0.25) is 4.79 Å². The number of rotatable bonds is 4. The van der Waals surface area contributed by atoms with Crippen LogP contribution < -0.4 is 5.32 Å². The van der Waals surface area contributed by atoms with Crippen LogP contribution in [0.5, 0.6) is 0 Å². The fourth-order valence-electron chi connectivity index (χ4n) is 2.66. The Balaban J connectivity index is 1.85. The molecule has 4 nitrogen and oxygen atoms in total. The number of aromatic carboxylic acids is 1. The lowest BCUT2D eigenvalue weighted by atomic mass is 10.0. The van der Waals surface area contributed by atoms with Crippen molar-refractivity contribution in [2.24, 2.45) is 0 Å². The van der Waals surface area contributed by atoms with Gasteiger partial charge in [0.05, 0.1) is 11.3 Å². The number of amides is 1. The van der Waals surface area contributed by atoms with Crippen LogP contribution in [-0.4, -0.2) is 17.0 Å². The fraction of sp³-hybridized carbons (Fsp3) is 0.0476. The average Bonchev–Trinajstić information content (AvgIpc) is 2.63. The Labute approximate surface area is 153 Å². The van der Waals surface area contributed by atoms with Gasteiger partial charge >= 0.3 is 5.97 Å². The van der Waals surface area contributed by atoms with E-state index in [1.807, 2.05) is 6.07 Å². The van der Waals surface area contributed by atoms with Gasteiger partial charge < -0.3 is 10.4 Å². The largest absolute Gasteiger partial charge is 0.478 e. The summed E-state index contributed by atoms with van der Waals surface area (Å²) in [5.74, 6) is -2.88. The maximum atomic E-state index is 13.2. The minimum absolute atomic E-state index is 0.00985. The first kappa shape index (κ1) is 18.3. The molecule has 3 aromatic rings. The zero-order valence-corrected chi connectivity index (χ0v) is 14.3. The molecule has 0 aliphatic carbocycles. The van der Waals surface area contributed by atoms with Crippen LogP contribution in [-0.2, 0) is 4.79 Å². The van der Waals surface area contributed by atoms with Gasteiger partial charge in [-0.15, -0.1) is 0 Å². The first-order valence-electron chi connectivity index (χ1n) is 8.05. The van der Waals surface area contributed by atoms with Crippen molar-refractivity contribution in [3.05, 3.63) is 82.9 Å². The molecule has 0 atom stereocenters. The van der Waals surface area contributed by atoms with Gasteiger partial charge in [-0.1, -0.05) is 18.2 Å². The van der Waals surface area contributed by atoms with E-state index in [2.05, 4.69) is 5.32 Å². The molecule has 3 aromatic carbocycles. The number of carbonyl (C=O) groups is 2. The lowest BCUT2D eigenvalue weighted by molar-refractivity contribution is -0.112. The molecule has 0 saturated heterocycles. The molecule has 0 unspecified atom stereocenters. The highest BCUT2D eigenvalue weighted by atomic mass is 19.1. The zero-order valence-electron chi connectivity index (χ0n) is 14.3. The lowest BCUT2D eigenvalue weighted by Gasteiger charge is -2.09. The third-order valence-electron chi connectivity index (χ3n) is 4.03. The van der Waals surface area contributed by atoms with Crippen molar-refractivity contribution in [3.8, 4) is 0 Å². The predicted molar refractivity (Wildman–Crippen MR) is 99.5 cm³/mol. The molecule has 0 fully saturated rings. The summed E-state index contributed by atoms with van der Waals surface area (Å²) in [6, 6.07) is 12.9. The maximum Gasteiger partial charge on any atom is 0.337 e. The number of carbonyl (C=O) groups excluding carboxylic acids is 1. The first-order chi connectivity index (χ1) is 12.8. The Morgan fingerprint density at radius 1 is 0.926 bits per heavy atom. The fourth-order valence-corrected chi connectivity index (χ4v) is 2.66. The number of halogens is 2. The Kier molecular flexibility index (Phi) is 4.98. The number of carboxylic acids is 1. The molecular weight excluding hydrogens is 352 g/mol. The van der Waals surface area contributed by atoms with Crippen LogP contribution in [0, 0.1) is 11.6 Å². The average molecular weight is 367 g/mol. The second-order valence-corrected chi connectivity index (χ2v) is 6.03. The number of hydrogen-bond donors (Lipinski definition) is 2. The molecule has 6 heteroatoms. The van der Waals surface area contributed by atoms with Gasteiger partial charge in [0.25, 0.3) is 5.91 Å². The Morgan fingerprint density at radius 2 is 1.56 bits per heavy atom. The topological polar surface area (TPSA) is 66.4 Å². The molecule has 0 aromatic heterocycles. The summed E-state index contributed by atoms with van der Waals surface area (Å²) in [6.07, 6.45) is 1.63. The second kappa shape index (κ2) is 7.37. The van der Waals surface area contributed by atoms with E-state index in [0.29, 0.717) is 5.57 Å². The second-order valence-electron chi connectivity index (χ2n) is 6.03. The van der Waals surface area contributed by atoms with Crippen molar-refractivity contribution in [1.82, 2.24) is 0 Å². The standard InChI is InChI=1S/C21H15F2NO3/c1-12(8-13-2-3-15-10-16(22)5-4-14(15)9-13)20(25)24-19-7-6-17(23)11-18(19)21(26)27/h2-11H,1H3,(H,24,25)(H,26,27)/b12-8+. The summed E-state index contributed by atoms with van der Waals surface area (Å²) in [7, 11) is 0. The highest BCUT2D eigenvalue weighted by Crippen LogP contribution is 2.21. The number of carboxylic acid groups (broad SMARTS) is 1. The number of fused-ring (bicyclic) bond motifs is 1. The van der Waals surface area contributed by atoms with Crippen molar-refractivity contribution in [1.29, 1.82) is 0 Å². The van der Waals surface area contributed by atoms with Crippen molar-refractivity contribution in [2.75, 3.05) is 5.32 Å². The molecule has 2 N–H and O–H groups in total. The van der Waals surface area contributed by atoms with E-state index in [1.165, 1.54) is 18.2 Å². The molecule has 0 bridgehead atoms. The van der Waals surface area contributed by atoms with Crippen LogP contribution in [0.4, 0.5) is 14.5 Å². The highest BCUT2D eigenvalue weighted by Gasteiger charge is 2.14. The van der Waals surface area contributed by atoms with Crippen LogP contribution >= 0.6 is 0 Å². The molecule has 27 heavy (non-hydrogen) atoms. The highest BCUT2D eigenvalue weighted by molar-refractivity contribution is 6.09. The maximum absolute atomic E-state index is 13.2. The summed E-state index contributed by atoms with van der Waals surface area (Å²) >= 11 is 0. The minimum atomic E-state index is -1.34. The van der Waals surface area contributed by atoms with Crippen LogP contribution in [0.15, 0.2) is 60.2 Å². The van der Waals surface area contributed by atoms with Gasteiger partial charge in [0.1, 0.15) is 11.6 Å². The predicted octanol–water partition coefficient (Wildman–Crippen LogP) is 4.86. The van der Waals surface area contributed by atoms with Crippen LogP contribution in [0.25, 0.3) is 16.8 Å². The molecule has 0 radical (unpaired) electrons. The Hall–Kier alpha value is -3.54. The molecule has 0 spiro atoms. The smallest absolute Gasteiger partial charge is 0.337 e. The summed E-state index contributed by atoms with van der Waals surface area (Å²) in [5, 5.41) is 13.2. The van der Waals surface area contributed by atoms with Crippen molar-refractivity contribution >= 4 is 34.4 Å². The summed E-state index contributed by atoms with van der Waals surface area (Å²) in [6.45, 7) is 1.58. The molecule has 0 saturated carbocycles. The lowest BCUT2D eigenvalue weighted by Crippen LogP contribution is -2.15. The van der Waals surface area contributed by atoms with Crippen molar-refractivity contribution in [3.63, 3.8) is 0 Å². The quantitative estimate of drug-likeness (QED) is 0.647.